The van der Waals surface area contributed by atoms with Gasteiger partial charge in [0.2, 0.25) is 0 Å². The van der Waals surface area contributed by atoms with Gasteiger partial charge in [0, 0.05) is 13.2 Å². The summed E-state index contributed by atoms with van der Waals surface area (Å²) >= 11 is 0. The Hall–Kier alpha value is -1.55. The molecule has 116 valence electrons. The molecule has 0 radical (unpaired) electrons. The largest absolute Gasteiger partial charge is 0.444 e. The summed E-state index contributed by atoms with van der Waals surface area (Å²) in [5.74, 6) is 0. The Morgan fingerprint density at radius 2 is 2.14 bits per heavy atom. The lowest BCUT2D eigenvalue weighted by Gasteiger charge is -2.37. The Bertz CT molecular complexity index is 519. The molecule has 1 aromatic rings. The van der Waals surface area contributed by atoms with Crippen LogP contribution < -0.4 is 0 Å². The number of hydrogen-bond acceptors (Lipinski definition) is 3. The highest BCUT2D eigenvalue weighted by Gasteiger charge is 2.31. The summed E-state index contributed by atoms with van der Waals surface area (Å²) in [6.45, 7) is 8.49. The molecule has 0 fully saturated rings. The maximum atomic E-state index is 12.3. The number of rotatable bonds is 2. The van der Waals surface area contributed by atoms with Crippen molar-refractivity contribution in [2.45, 2.75) is 52.2 Å². The summed E-state index contributed by atoms with van der Waals surface area (Å²) in [6, 6.07) is 6.13. The van der Waals surface area contributed by atoms with E-state index in [2.05, 4.69) is 12.1 Å². The van der Waals surface area contributed by atoms with E-state index in [0.717, 1.165) is 12.0 Å². The lowest BCUT2D eigenvalue weighted by Crippen LogP contribution is -2.42. The second-order valence-electron chi connectivity index (χ2n) is 6.56. The number of ether oxygens (including phenoxy) is 1. The van der Waals surface area contributed by atoms with Crippen LogP contribution in [0.4, 0.5) is 4.79 Å². The molecule has 0 aromatic heterocycles. The van der Waals surface area contributed by atoms with E-state index in [4.69, 9.17) is 4.74 Å². The fraction of sp³-hybridized carbons (Fsp3) is 0.588. The zero-order valence-electron chi connectivity index (χ0n) is 13.3. The van der Waals surface area contributed by atoms with E-state index >= 15 is 0 Å². The number of nitrogens with zero attached hydrogens (tertiary/aromatic N) is 1. The molecule has 2 rings (SSSR count). The van der Waals surface area contributed by atoms with Crippen LogP contribution in [-0.2, 0) is 17.6 Å². The zero-order chi connectivity index (χ0) is 15.6. The summed E-state index contributed by atoms with van der Waals surface area (Å²) in [5.41, 5.74) is 3.15. The highest BCUT2D eigenvalue weighted by Crippen LogP contribution is 2.32. The van der Waals surface area contributed by atoms with Crippen LogP contribution in [0.3, 0.4) is 0 Å². The van der Waals surface area contributed by atoms with Crippen LogP contribution in [0.15, 0.2) is 18.2 Å². The van der Waals surface area contributed by atoms with E-state index in [0.29, 0.717) is 13.0 Å². The normalized spacial score (nSPS) is 18.3. The first-order chi connectivity index (χ1) is 9.83. The van der Waals surface area contributed by atoms with Gasteiger partial charge in [-0.1, -0.05) is 18.2 Å². The minimum atomic E-state index is -0.476. The van der Waals surface area contributed by atoms with Crippen LogP contribution in [0.5, 0.6) is 0 Å². The Kier molecular flexibility index (Phi) is 4.57. The van der Waals surface area contributed by atoms with Crippen molar-refractivity contribution in [3.8, 4) is 0 Å². The first-order valence-corrected chi connectivity index (χ1v) is 7.54. The van der Waals surface area contributed by atoms with Gasteiger partial charge in [-0.05, 0) is 57.2 Å². The fourth-order valence-corrected chi connectivity index (χ4v) is 2.87. The van der Waals surface area contributed by atoms with Crippen LogP contribution in [0.2, 0.25) is 0 Å². The van der Waals surface area contributed by atoms with Gasteiger partial charge in [0.05, 0.1) is 6.04 Å². The SMILES string of the molecule is CC1c2cccc(CCO)c2CCN1C(=O)OC(C)(C)C. The molecule has 0 saturated carbocycles. The third-order valence-electron chi connectivity index (χ3n) is 3.84. The van der Waals surface area contributed by atoms with E-state index in [1.807, 2.05) is 33.8 Å². The standard InChI is InChI=1S/C17H25NO3/c1-12-14-7-5-6-13(9-11-19)15(14)8-10-18(12)16(20)21-17(2,3)4/h5-7,12,19H,8-11H2,1-4H3. The lowest BCUT2D eigenvalue weighted by atomic mass is 9.89. The number of amides is 1. The summed E-state index contributed by atoms with van der Waals surface area (Å²) in [7, 11) is 0. The van der Waals surface area contributed by atoms with Gasteiger partial charge in [-0.15, -0.1) is 0 Å². The van der Waals surface area contributed by atoms with Crippen molar-refractivity contribution in [1.82, 2.24) is 4.90 Å². The van der Waals surface area contributed by atoms with Gasteiger partial charge in [0.1, 0.15) is 5.60 Å². The van der Waals surface area contributed by atoms with Gasteiger partial charge in [-0.25, -0.2) is 4.79 Å². The maximum absolute atomic E-state index is 12.3. The molecule has 0 spiro atoms. The molecule has 1 N–H and O–H groups in total. The molecule has 1 aliphatic heterocycles. The summed E-state index contributed by atoms with van der Waals surface area (Å²) in [6.07, 6.45) is 1.23. The number of fused-ring (bicyclic) bond motifs is 1. The highest BCUT2D eigenvalue weighted by molar-refractivity contribution is 5.69. The van der Waals surface area contributed by atoms with E-state index < -0.39 is 5.60 Å². The molecular weight excluding hydrogens is 266 g/mol. The molecule has 1 amide bonds. The third kappa shape index (κ3) is 3.56. The van der Waals surface area contributed by atoms with Crippen molar-refractivity contribution in [3.05, 3.63) is 34.9 Å². The van der Waals surface area contributed by atoms with Crippen LogP contribution >= 0.6 is 0 Å². The smallest absolute Gasteiger partial charge is 0.410 e. The topological polar surface area (TPSA) is 49.8 Å². The molecule has 21 heavy (non-hydrogen) atoms. The molecule has 1 aromatic carbocycles. The number of benzene rings is 1. The third-order valence-corrected chi connectivity index (χ3v) is 3.84. The minimum Gasteiger partial charge on any atom is -0.444 e. The van der Waals surface area contributed by atoms with Crippen molar-refractivity contribution >= 4 is 6.09 Å². The van der Waals surface area contributed by atoms with Crippen LogP contribution in [-0.4, -0.2) is 34.9 Å². The molecular formula is C17H25NO3. The molecule has 1 aliphatic rings. The van der Waals surface area contributed by atoms with Gasteiger partial charge in [-0.2, -0.15) is 0 Å². The predicted octanol–water partition coefficient (Wildman–Crippen LogP) is 3.08. The molecule has 4 heteroatoms. The second-order valence-corrected chi connectivity index (χ2v) is 6.56. The van der Waals surface area contributed by atoms with E-state index in [1.165, 1.54) is 11.1 Å². The first-order valence-electron chi connectivity index (χ1n) is 7.54. The van der Waals surface area contributed by atoms with Crippen molar-refractivity contribution in [1.29, 1.82) is 0 Å². The Morgan fingerprint density at radius 3 is 2.76 bits per heavy atom. The lowest BCUT2D eigenvalue weighted by molar-refractivity contribution is 0.0159. The van der Waals surface area contributed by atoms with E-state index in [-0.39, 0.29) is 18.7 Å². The Labute approximate surface area is 126 Å². The summed E-state index contributed by atoms with van der Waals surface area (Å²) in [5, 5.41) is 9.17. The number of hydrogen-bond donors (Lipinski definition) is 1. The fourth-order valence-electron chi connectivity index (χ4n) is 2.87. The first kappa shape index (κ1) is 15.8. The van der Waals surface area contributed by atoms with Crippen molar-refractivity contribution < 1.29 is 14.6 Å². The number of carbonyl (C=O) groups excluding carboxylic acids is 1. The van der Waals surface area contributed by atoms with Gasteiger partial charge < -0.3 is 14.7 Å². The van der Waals surface area contributed by atoms with Crippen molar-refractivity contribution in [2.75, 3.05) is 13.2 Å². The van der Waals surface area contributed by atoms with Crippen molar-refractivity contribution in [2.24, 2.45) is 0 Å². The van der Waals surface area contributed by atoms with E-state index in [9.17, 15) is 9.90 Å². The molecule has 4 nitrogen and oxygen atoms in total. The van der Waals surface area contributed by atoms with Crippen LogP contribution in [0.25, 0.3) is 0 Å². The molecule has 1 unspecified atom stereocenters. The van der Waals surface area contributed by atoms with Gasteiger partial charge >= 0.3 is 6.09 Å². The van der Waals surface area contributed by atoms with E-state index in [1.54, 1.807) is 4.90 Å². The van der Waals surface area contributed by atoms with Gasteiger partial charge in [-0.3, -0.25) is 0 Å². The zero-order valence-corrected chi connectivity index (χ0v) is 13.3. The Morgan fingerprint density at radius 1 is 1.43 bits per heavy atom. The molecule has 0 aliphatic carbocycles. The van der Waals surface area contributed by atoms with Crippen LogP contribution in [0, 0.1) is 0 Å². The minimum absolute atomic E-state index is 0.00208. The predicted molar refractivity (Wildman–Crippen MR) is 82.3 cm³/mol. The summed E-state index contributed by atoms with van der Waals surface area (Å²) < 4.78 is 5.49. The number of carbonyl (C=O) groups is 1. The molecule has 0 saturated heterocycles. The quantitative estimate of drug-likeness (QED) is 0.911. The molecule has 1 heterocycles. The second kappa shape index (κ2) is 6.06. The van der Waals surface area contributed by atoms with Crippen LogP contribution in [0.1, 0.15) is 50.4 Å². The number of aliphatic hydroxyl groups is 1. The maximum Gasteiger partial charge on any atom is 0.410 e. The van der Waals surface area contributed by atoms with Gasteiger partial charge in [0.25, 0.3) is 0 Å². The van der Waals surface area contributed by atoms with Crippen molar-refractivity contribution in [3.63, 3.8) is 0 Å². The monoisotopic (exact) mass is 291 g/mol. The average Bonchev–Trinajstić information content (AvgIpc) is 2.38. The number of aliphatic hydroxyl groups excluding tert-OH is 1. The van der Waals surface area contributed by atoms with Gasteiger partial charge in [0.15, 0.2) is 0 Å². The molecule has 1 atom stereocenters. The highest BCUT2D eigenvalue weighted by atomic mass is 16.6. The average molecular weight is 291 g/mol. The Balaban J connectivity index is 2.23. The summed E-state index contributed by atoms with van der Waals surface area (Å²) in [4.78, 5) is 14.1. The molecule has 0 bridgehead atoms.